The summed E-state index contributed by atoms with van der Waals surface area (Å²) in [6.45, 7) is 4.14. The molecule has 3 aromatic carbocycles. The fraction of sp³-hybridized carbons (Fsp3) is 0.160. The fourth-order valence-corrected chi connectivity index (χ4v) is 4.80. The maximum Gasteiger partial charge on any atom is 0.307 e. The summed E-state index contributed by atoms with van der Waals surface area (Å²) in [5.74, 6) is 0.565. The molecule has 2 N–H and O–H groups in total. The largest absolute Gasteiger partial charge is 0.359 e. The third kappa shape index (κ3) is 4.14. The van der Waals surface area contributed by atoms with E-state index >= 15 is 0 Å². The van der Waals surface area contributed by atoms with E-state index in [0.717, 1.165) is 27.7 Å². The van der Waals surface area contributed by atoms with Gasteiger partial charge < -0.3 is 10.4 Å². The van der Waals surface area contributed by atoms with Crippen LogP contribution in [0.2, 0.25) is 0 Å². The van der Waals surface area contributed by atoms with Crippen LogP contribution in [0.4, 0.5) is 11.4 Å². The average molecular weight is 402 g/mol. The Kier molecular flexibility index (Phi) is 5.56. The van der Waals surface area contributed by atoms with E-state index in [1.54, 1.807) is 11.8 Å². The van der Waals surface area contributed by atoms with Crippen LogP contribution in [-0.2, 0) is 5.72 Å². The number of benzene rings is 3. The molecule has 3 nitrogen and oxygen atoms in total. The van der Waals surface area contributed by atoms with Crippen LogP contribution < -0.4 is 5.32 Å². The quantitative estimate of drug-likeness (QED) is 0.543. The molecule has 0 fully saturated rings. The molecule has 4 rings (SSSR count). The summed E-state index contributed by atoms with van der Waals surface area (Å²) in [6.07, 6.45) is 2.11. The van der Waals surface area contributed by atoms with Gasteiger partial charge in [-0.1, -0.05) is 54.1 Å². The monoisotopic (exact) mass is 401 g/mol. The van der Waals surface area contributed by atoms with Gasteiger partial charge in [0.1, 0.15) is 5.75 Å². The average Bonchev–Trinajstić information content (AvgIpc) is 3.08. The van der Waals surface area contributed by atoms with Gasteiger partial charge in [0.15, 0.2) is 0 Å². The first-order valence-electron chi connectivity index (χ1n) is 9.71. The zero-order chi connectivity index (χ0) is 20.3. The number of rotatable bonds is 5. The number of thioether (sulfide) groups is 1. The van der Waals surface area contributed by atoms with Gasteiger partial charge in [0.2, 0.25) is 10.7 Å². The summed E-state index contributed by atoms with van der Waals surface area (Å²) in [6, 6.07) is 28.3. The molecule has 1 aliphatic heterocycles. The van der Waals surface area contributed by atoms with Gasteiger partial charge in [-0.05, 0) is 49.9 Å². The SMILES string of the molecule is C/C(=C/C1=[N+](c2ccccc2)[C@@](O)(c2ccccc2)CS1)Nc1ccc(C)cc1. The van der Waals surface area contributed by atoms with E-state index in [4.69, 9.17) is 0 Å². The molecule has 0 aliphatic carbocycles. The lowest BCUT2D eigenvalue weighted by molar-refractivity contribution is -0.592. The van der Waals surface area contributed by atoms with Crippen LogP contribution >= 0.6 is 11.8 Å². The highest BCUT2D eigenvalue weighted by molar-refractivity contribution is 8.14. The highest BCUT2D eigenvalue weighted by atomic mass is 32.2. The Hall–Kier alpha value is -2.82. The number of nitrogens with zero attached hydrogens (tertiary/aromatic N) is 1. The number of nitrogens with one attached hydrogen (secondary N) is 1. The van der Waals surface area contributed by atoms with E-state index in [1.165, 1.54) is 5.56 Å². The van der Waals surface area contributed by atoms with Crippen molar-refractivity contribution in [3.8, 4) is 0 Å². The molecule has 29 heavy (non-hydrogen) atoms. The van der Waals surface area contributed by atoms with Crippen molar-refractivity contribution < 1.29 is 9.68 Å². The highest BCUT2D eigenvalue weighted by Crippen LogP contribution is 2.39. The van der Waals surface area contributed by atoms with Crippen molar-refractivity contribution in [2.75, 3.05) is 11.1 Å². The van der Waals surface area contributed by atoms with Gasteiger partial charge >= 0.3 is 5.72 Å². The Balaban J connectivity index is 1.75. The predicted molar refractivity (Wildman–Crippen MR) is 123 cm³/mol. The maximum absolute atomic E-state index is 11.7. The van der Waals surface area contributed by atoms with E-state index in [-0.39, 0.29) is 0 Å². The van der Waals surface area contributed by atoms with Crippen molar-refractivity contribution in [3.63, 3.8) is 0 Å². The van der Waals surface area contributed by atoms with Crippen molar-refractivity contribution in [2.45, 2.75) is 19.6 Å². The smallest absolute Gasteiger partial charge is 0.307 e. The van der Waals surface area contributed by atoms with Crippen LogP contribution in [0.1, 0.15) is 18.1 Å². The third-order valence-electron chi connectivity index (χ3n) is 5.00. The number of aryl methyl sites for hydroxylation is 1. The highest BCUT2D eigenvalue weighted by Gasteiger charge is 2.50. The second-order valence-electron chi connectivity index (χ2n) is 7.30. The van der Waals surface area contributed by atoms with E-state index < -0.39 is 5.72 Å². The lowest BCUT2D eigenvalue weighted by Crippen LogP contribution is -2.36. The van der Waals surface area contributed by atoms with Crippen LogP contribution in [0.3, 0.4) is 0 Å². The van der Waals surface area contributed by atoms with E-state index in [2.05, 4.69) is 49.5 Å². The van der Waals surface area contributed by atoms with Gasteiger partial charge in [-0.25, -0.2) is 0 Å². The molecule has 4 heteroatoms. The van der Waals surface area contributed by atoms with Crippen LogP contribution in [0, 0.1) is 6.92 Å². The first-order valence-corrected chi connectivity index (χ1v) is 10.7. The molecule has 0 spiro atoms. The van der Waals surface area contributed by atoms with E-state index in [9.17, 15) is 5.11 Å². The number of para-hydroxylation sites is 1. The van der Waals surface area contributed by atoms with Crippen molar-refractivity contribution in [3.05, 3.63) is 108 Å². The summed E-state index contributed by atoms with van der Waals surface area (Å²) in [5, 5.41) is 16.2. The Labute approximate surface area is 176 Å². The number of allylic oxidation sites excluding steroid dienone is 1. The first-order chi connectivity index (χ1) is 14.1. The molecular formula is C25H25N2OS+. The molecule has 1 aliphatic rings. The third-order valence-corrected chi connectivity index (χ3v) is 6.14. The molecule has 1 heterocycles. The zero-order valence-corrected chi connectivity index (χ0v) is 17.5. The second-order valence-corrected chi connectivity index (χ2v) is 8.29. The van der Waals surface area contributed by atoms with Gasteiger partial charge in [-0.3, -0.25) is 0 Å². The normalized spacial score (nSPS) is 19.5. The van der Waals surface area contributed by atoms with Crippen LogP contribution in [0.5, 0.6) is 0 Å². The summed E-state index contributed by atoms with van der Waals surface area (Å²) in [5.41, 5.74) is 4.08. The van der Waals surface area contributed by atoms with Crippen LogP contribution in [0.15, 0.2) is 96.7 Å². The Morgan fingerprint density at radius 3 is 2.24 bits per heavy atom. The number of anilines is 1. The van der Waals surface area contributed by atoms with Crippen molar-refractivity contribution in [2.24, 2.45) is 0 Å². The summed E-state index contributed by atoms with van der Waals surface area (Å²) < 4.78 is 2.04. The van der Waals surface area contributed by atoms with Gasteiger partial charge in [0.05, 0.1) is 5.56 Å². The number of hydrogen-bond donors (Lipinski definition) is 2. The van der Waals surface area contributed by atoms with Crippen molar-refractivity contribution in [1.29, 1.82) is 0 Å². The fourth-order valence-electron chi connectivity index (χ4n) is 3.51. The molecule has 0 aromatic heterocycles. The summed E-state index contributed by atoms with van der Waals surface area (Å²) in [4.78, 5) is 0. The number of hydrogen-bond acceptors (Lipinski definition) is 3. The molecule has 146 valence electrons. The Bertz CT molecular complexity index is 1040. The van der Waals surface area contributed by atoms with Crippen LogP contribution in [0.25, 0.3) is 0 Å². The minimum Gasteiger partial charge on any atom is -0.359 e. The maximum atomic E-state index is 11.7. The molecule has 0 saturated heterocycles. The molecule has 0 unspecified atom stereocenters. The molecule has 0 radical (unpaired) electrons. The molecule has 1 atom stereocenters. The second kappa shape index (κ2) is 8.27. The summed E-state index contributed by atoms with van der Waals surface area (Å²) in [7, 11) is 0. The minimum absolute atomic E-state index is 0.565. The first kappa shape index (κ1) is 19.5. The Morgan fingerprint density at radius 2 is 1.59 bits per heavy atom. The molecular weight excluding hydrogens is 376 g/mol. The zero-order valence-electron chi connectivity index (χ0n) is 16.7. The van der Waals surface area contributed by atoms with E-state index in [0.29, 0.717) is 5.75 Å². The van der Waals surface area contributed by atoms with Gasteiger partial charge in [0, 0.05) is 29.6 Å². The predicted octanol–water partition coefficient (Wildman–Crippen LogP) is 5.65. The Morgan fingerprint density at radius 1 is 0.966 bits per heavy atom. The lowest BCUT2D eigenvalue weighted by atomic mass is 10.0. The van der Waals surface area contributed by atoms with Gasteiger partial charge in [-0.2, -0.15) is 4.58 Å². The lowest BCUT2D eigenvalue weighted by Gasteiger charge is -2.20. The minimum atomic E-state index is -1.09. The van der Waals surface area contributed by atoms with Crippen molar-refractivity contribution >= 4 is 28.2 Å². The topological polar surface area (TPSA) is 35.3 Å². The molecule has 3 aromatic rings. The van der Waals surface area contributed by atoms with Gasteiger partial charge in [0.25, 0.3) is 0 Å². The van der Waals surface area contributed by atoms with Crippen molar-refractivity contribution in [1.82, 2.24) is 0 Å². The molecule has 0 amide bonds. The molecule has 0 saturated carbocycles. The van der Waals surface area contributed by atoms with Crippen LogP contribution in [-0.4, -0.2) is 20.5 Å². The van der Waals surface area contributed by atoms with E-state index in [1.807, 2.05) is 65.2 Å². The van der Waals surface area contributed by atoms with Gasteiger partial charge in [-0.15, -0.1) is 0 Å². The number of aliphatic hydroxyl groups is 1. The molecule has 0 bridgehead atoms. The summed E-state index contributed by atoms with van der Waals surface area (Å²) >= 11 is 1.66. The standard InChI is InChI=1S/C25H24N2OS/c1-19-13-15-22(16-14-19)26-20(2)17-24-27(23-11-7-4-8-12-23)25(28,18-29-24)21-9-5-3-6-10-21/h3-17,28H,18H2,1-2H3/p+1/t25-/m0/s1.